The molecule has 2 rings (SSSR count). The Labute approximate surface area is 97.1 Å². The molecule has 1 aliphatic carbocycles. The van der Waals surface area contributed by atoms with Gasteiger partial charge in [0, 0.05) is 5.92 Å². The Morgan fingerprint density at radius 2 is 2.06 bits per heavy atom. The average molecular weight is 217 g/mol. The van der Waals surface area contributed by atoms with Gasteiger partial charge < -0.3 is 5.32 Å². The summed E-state index contributed by atoms with van der Waals surface area (Å²) in [4.78, 5) is 11.7. The van der Waals surface area contributed by atoms with Crippen LogP contribution in [0.3, 0.4) is 0 Å². The van der Waals surface area contributed by atoms with E-state index in [0.717, 1.165) is 12.8 Å². The second-order valence-electron chi connectivity index (χ2n) is 4.86. The Bertz CT molecular complexity index is 407. The Kier molecular flexibility index (Phi) is 2.99. The fourth-order valence-corrected chi connectivity index (χ4v) is 2.07. The lowest BCUT2D eigenvalue weighted by Crippen LogP contribution is -2.28. The van der Waals surface area contributed by atoms with Crippen LogP contribution < -0.4 is 5.32 Å². The number of carbonyl (C=O) groups excluding carboxylic acids is 1. The van der Waals surface area contributed by atoms with Crippen molar-refractivity contribution in [3.05, 3.63) is 34.9 Å². The van der Waals surface area contributed by atoms with Crippen molar-refractivity contribution in [3.8, 4) is 0 Å². The van der Waals surface area contributed by atoms with Crippen molar-refractivity contribution in [2.24, 2.45) is 5.92 Å². The number of nitrogens with one attached hydrogen (secondary N) is 1. The van der Waals surface area contributed by atoms with E-state index in [9.17, 15) is 4.79 Å². The molecule has 1 fully saturated rings. The van der Waals surface area contributed by atoms with Crippen LogP contribution in [0.2, 0.25) is 0 Å². The van der Waals surface area contributed by atoms with Gasteiger partial charge in [0.1, 0.15) is 0 Å². The lowest BCUT2D eigenvalue weighted by Gasteiger charge is -2.17. The second kappa shape index (κ2) is 4.28. The molecule has 1 atom stereocenters. The molecule has 0 unspecified atom stereocenters. The first-order valence-corrected chi connectivity index (χ1v) is 5.95. The zero-order chi connectivity index (χ0) is 11.7. The number of benzene rings is 1. The standard InChI is InChI=1S/C14H19NO/c1-9-4-7-13(10(2)8-9)11(3)15-14(16)12-5-6-12/h4,7-8,11-12H,5-6H2,1-3H3,(H,15,16)/t11-/m1/s1. The zero-order valence-electron chi connectivity index (χ0n) is 10.2. The molecular weight excluding hydrogens is 198 g/mol. The highest BCUT2D eigenvalue weighted by atomic mass is 16.2. The number of hydrogen-bond acceptors (Lipinski definition) is 1. The predicted octanol–water partition coefficient (Wildman–Crippen LogP) is 2.89. The van der Waals surface area contributed by atoms with Gasteiger partial charge in [0.25, 0.3) is 0 Å². The Morgan fingerprint density at radius 1 is 1.38 bits per heavy atom. The number of hydrogen-bond donors (Lipinski definition) is 1. The van der Waals surface area contributed by atoms with Crippen molar-refractivity contribution in [2.75, 3.05) is 0 Å². The van der Waals surface area contributed by atoms with Crippen LogP contribution in [0.4, 0.5) is 0 Å². The molecule has 1 aromatic rings. The van der Waals surface area contributed by atoms with Crippen molar-refractivity contribution in [3.63, 3.8) is 0 Å². The van der Waals surface area contributed by atoms with Gasteiger partial charge in [-0.25, -0.2) is 0 Å². The van der Waals surface area contributed by atoms with Crippen LogP contribution in [0, 0.1) is 19.8 Å². The van der Waals surface area contributed by atoms with Gasteiger partial charge in [-0.3, -0.25) is 4.79 Å². The van der Waals surface area contributed by atoms with E-state index in [1.807, 2.05) is 0 Å². The molecule has 0 heterocycles. The molecule has 0 radical (unpaired) electrons. The first-order valence-electron chi connectivity index (χ1n) is 5.95. The van der Waals surface area contributed by atoms with E-state index in [-0.39, 0.29) is 17.9 Å². The van der Waals surface area contributed by atoms with Gasteiger partial charge in [0.05, 0.1) is 6.04 Å². The van der Waals surface area contributed by atoms with E-state index in [4.69, 9.17) is 0 Å². The summed E-state index contributed by atoms with van der Waals surface area (Å²) in [7, 11) is 0. The van der Waals surface area contributed by atoms with Crippen molar-refractivity contribution in [1.29, 1.82) is 0 Å². The molecule has 0 saturated heterocycles. The summed E-state index contributed by atoms with van der Waals surface area (Å²) in [5.41, 5.74) is 3.74. The maximum absolute atomic E-state index is 11.7. The molecule has 1 saturated carbocycles. The lowest BCUT2D eigenvalue weighted by atomic mass is 10.0. The largest absolute Gasteiger partial charge is 0.349 e. The average Bonchev–Trinajstić information content (AvgIpc) is 2.99. The maximum atomic E-state index is 11.7. The fourth-order valence-electron chi connectivity index (χ4n) is 2.07. The number of aryl methyl sites for hydroxylation is 2. The second-order valence-corrected chi connectivity index (χ2v) is 4.86. The molecule has 1 aliphatic rings. The molecule has 2 nitrogen and oxygen atoms in total. The van der Waals surface area contributed by atoms with E-state index in [1.54, 1.807) is 0 Å². The molecule has 2 heteroatoms. The molecule has 0 spiro atoms. The molecule has 1 N–H and O–H groups in total. The predicted molar refractivity (Wildman–Crippen MR) is 65.2 cm³/mol. The highest BCUT2D eigenvalue weighted by molar-refractivity contribution is 5.81. The van der Waals surface area contributed by atoms with E-state index >= 15 is 0 Å². The van der Waals surface area contributed by atoms with Crippen LogP contribution in [0.25, 0.3) is 0 Å². The van der Waals surface area contributed by atoms with Crippen LogP contribution in [0.15, 0.2) is 18.2 Å². The monoisotopic (exact) mass is 217 g/mol. The van der Waals surface area contributed by atoms with E-state index < -0.39 is 0 Å². The zero-order valence-corrected chi connectivity index (χ0v) is 10.2. The van der Waals surface area contributed by atoms with Gasteiger partial charge in [-0.15, -0.1) is 0 Å². The minimum atomic E-state index is 0.119. The molecular formula is C14H19NO. The van der Waals surface area contributed by atoms with Crippen LogP contribution in [0.5, 0.6) is 0 Å². The Balaban J connectivity index is 2.07. The fraction of sp³-hybridized carbons (Fsp3) is 0.500. The van der Waals surface area contributed by atoms with Gasteiger partial charge in [-0.1, -0.05) is 23.8 Å². The van der Waals surface area contributed by atoms with Gasteiger partial charge in [0.2, 0.25) is 5.91 Å². The number of amides is 1. The van der Waals surface area contributed by atoms with Crippen LogP contribution in [-0.4, -0.2) is 5.91 Å². The lowest BCUT2D eigenvalue weighted by molar-refractivity contribution is -0.122. The summed E-state index contributed by atoms with van der Waals surface area (Å²) >= 11 is 0. The third-order valence-corrected chi connectivity index (χ3v) is 3.20. The molecule has 86 valence electrons. The minimum Gasteiger partial charge on any atom is -0.349 e. The molecule has 16 heavy (non-hydrogen) atoms. The maximum Gasteiger partial charge on any atom is 0.223 e. The molecule has 1 amide bonds. The molecule has 0 aliphatic heterocycles. The smallest absolute Gasteiger partial charge is 0.223 e. The van der Waals surface area contributed by atoms with E-state index in [2.05, 4.69) is 44.3 Å². The summed E-state index contributed by atoms with van der Waals surface area (Å²) in [5.74, 6) is 0.501. The van der Waals surface area contributed by atoms with Crippen LogP contribution in [-0.2, 0) is 4.79 Å². The van der Waals surface area contributed by atoms with Gasteiger partial charge in [0.15, 0.2) is 0 Å². The summed E-state index contributed by atoms with van der Waals surface area (Å²) < 4.78 is 0. The van der Waals surface area contributed by atoms with Crippen molar-refractivity contribution < 1.29 is 4.79 Å². The molecule has 0 bridgehead atoms. The van der Waals surface area contributed by atoms with Gasteiger partial charge in [-0.05, 0) is 44.7 Å². The first-order chi connectivity index (χ1) is 7.58. The number of rotatable bonds is 3. The van der Waals surface area contributed by atoms with Gasteiger partial charge >= 0.3 is 0 Å². The molecule has 0 aromatic heterocycles. The third-order valence-electron chi connectivity index (χ3n) is 3.20. The first kappa shape index (κ1) is 11.2. The number of carbonyl (C=O) groups is 1. The van der Waals surface area contributed by atoms with Crippen molar-refractivity contribution in [2.45, 2.75) is 39.7 Å². The van der Waals surface area contributed by atoms with Gasteiger partial charge in [-0.2, -0.15) is 0 Å². The van der Waals surface area contributed by atoms with Crippen LogP contribution in [0.1, 0.15) is 42.5 Å². The summed E-state index contributed by atoms with van der Waals surface area (Å²) in [5, 5.41) is 3.08. The SMILES string of the molecule is Cc1ccc([C@@H](C)NC(=O)C2CC2)c(C)c1. The highest BCUT2D eigenvalue weighted by Gasteiger charge is 2.30. The van der Waals surface area contributed by atoms with E-state index in [0.29, 0.717) is 0 Å². The third kappa shape index (κ3) is 2.43. The minimum absolute atomic E-state index is 0.119. The highest BCUT2D eigenvalue weighted by Crippen LogP contribution is 2.30. The van der Waals surface area contributed by atoms with Crippen molar-refractivity contribution in [1.82, 2.24) is 5.32 Å². The summed E-state index contributed by atoms with van der Waals surface area (Å²) in [6.07, 6.45) is 2.12. The van der Waals surface area contributed by atoms with E-state index in [1.165, 1.54) is 16.7 Å². The quantitative estimate of drug-likeness (QED) is 0.828. The van der Waals surface area contributed by atoms with Crippen molar-refractivity contribution >= 4 is 5.91 Å². The topological polar surface area (TPSA) is 29.1 Å². The normalized spacial score (nSPS) is 16.9. The summed E-state index contributed by atoms with van der Waals surface area (Å²) in [6.45, 7) is 6.24. The molecule has 1 aromatic carbocycles. The Morgan fingerprint density at radius 3 is 2.62 bits per heavy atom. The Hall–Kier alpha value is -1.31. The summed E-state index contributed by atoms with van der Waals surface area (Å²) in [6, 6.07) is 6.49. The van der Waals surface area contributed by atoms with Crippen LogP contribution >= 0.6 is 0 Å².